The maximum absolute atomic E-state index is 12.5. The Kier molecular flexibility index (Phi) is 4.21. The van der Waals surface area contributed by atoms with E-state index in [-0.39, 0.29) is 49.2 Å². The van der Waals surface area contributed by atoms with Crippen LogP contribution in [0.3, 0.4) is 0 Å². The summed E-state index contributed by atoms with van der Waals surface area (Å²) in [6.45, 7) is 0.570. The van der Waals surface area contributed by atoms with Crippen molar-refractivity contribution in [2.75, 3.05) is 19.8 Å². The standard InChI is InChI=1S/C19H16N2O6/c22-17-13-5-1-2-6-14(13)18(23)20(17)10-9-19(26-11-12-27-19)15-7-3-4-8-16(15)21(24)25/h1-8H,9-12H2. The molecule has 4 rings (SSSR count). The second-order valence-electron chi connectivity index (χ2n) is 6.28. The summed E-state index contributed by atoms with van der Waals surface area (Å²) in [6, 6.07) is 12.8. The highest BCUT2D eigenvalue weighted by atomic mass is 16.7. The number of fused-ring (bicyclic) bond motifs is 1. The van der Waals surface area contributed by atoms with E-state index in [9.17, 15) is 19.7 Å². The highest BCUT2D eigenvalue weighted by Crippen LogP contribution is 2.40. The van der Waals surface area contributed by atoms with Crippen molar-refractivity contribution in [1.82, 2.24) is 4.90 Å². The molecule has 2 aromatic carbocycles. The number of hydrogen-bond donors (Lipinski definition) is 0. The molecule has 8 heteroatoms. The van der Waals surface area contributed by atoms with Crippen molar-refractivity contribution in [2.24, 2.45) is 0 Å². The summed E-state index contributed by atoms with van der Waals surface area (Å²) < 4.78 is 11.5. The molecule has 0 unspecified atom stereocenters. The first-order valence-electron chi connectivity index (χ1n) is 8.50. The van der Waals surface area contributed by atoms with Crippen molar-refractivity contribution >= 4 is 17.5 Å². The van der Waals surface area contributed by atoms with E-state index in [4.69, 9.17) is 9.47 Å². The normalized spacial score (nSPS) is 18.0. The van der Waals surface area contributed by atoms with Crippen LogP contribution in [-0.4, -0.2) is 41.4 Å². The van der Waals surface area contributed by atoms with Gasteiger partial charge in [0, 0.05) is 19.0 Å². The molecule has 2 heterocycles. The summed E-state index contributed by atoms with van der Waals surface area (Å²) in [7, 11) is 0. The van der Waals surface area contributed by atoms with Crippen LogP contribution < -0.4 is 0 Å². The van der Waals surface area contributed by atoms with E-state index in [1.165, 1.54) is 6.07 Å². The zero-order valence-electron chi connectivity index (χ0n) is 14.3. The Bertz CT molecular complexity index is 900. The van der Waals surface area contributed by atoms with Crippen LogP contribution in [0.2, 0.25) is 0 Å². The van der Waals surface area contributed by atoms with Gasteiger partial charge in [0.15, 0.2) is 0 Å². The smallest absolute Gasteiger partial charge is 0.278 e. The first kappa shape index (κ1) is 17.3. The molecule has 138 valence electrons. The fraction of sp³-hybridized carbons (Fsp3) is 0.263. The first-order valence-corrected chi connectivity index (χ1v) is 8.50. The quantitative estimate of drug-likeness (QED) is 0.457. The molecule has 0 spiro atoms. The average Bonchev–Trinajstić information content (AvgIpc) is 3.26. The molecular formula is C19H16N2O6. The minimum atomic E-state index is -1.36. The second kappa shape index (κ2) is 6.57. The summed E-state index contributed by atoms with van der Waals surface area (Å²) >= 11 is 0. The van der Waals surface area contributed by atoms with E-state index >= 15 is 0 Å². The number of imide groups is 1. The lowest BCUT2D eigenvalue weighted by atomic mass is 10.00. The van der Waals surface area contributed by atoms with Gasteiger partial charge in [-0.25, -0.2) is 0 Å². The lowest BCUT2D eigenvalue weighted by molar-refractivity contribution is -0.388. The maximum atomic E-state index is 12.5. The molecule has 2 aliphatic heterocycles. The Balaban J connectivity index is 1.62. The molecule has 2 aliphatic rings. The van der Waals surface area contributed by atoms with Gasteiger partial charge >= 0.3 is 0 Å². The van der Waals surface area contributed by atoms with Crippen LogP contribution in [0.4, 0.5) is 5.69 Å². The van der Waals surface area contributed by atoms with Crippen molar-refractivity contribution in [3.05, 3.63) is 75.3 Å². The Labute approximate surface area is 154 Å². The molecule has 8 nitrogen and oxygen atoms in total. The van der Waals surface area contributed by atoms with Crippen molar-refractivity contribution in [3.8, 4) is 0 Å². The summed E-state index contributed by atoms with van der Waals surface area (Å²) in [6.07, 6.45) is 0.101. The van der Waals surface area contributed by atoms with Crippen LogP contribution in [0.25, 0.3) is 0 Å². The lowest BCUT2D eigenvalue weighted by Gasteiger charge is -2.29. The number of amides is 2. The molecule has 2 amide bonds. The van der Waals surface area contributed by atoms with Crippen LogP contribution in [0, 0.1) is 10.1 Å². The molecule has 0 N–H and O–H groups in total. The van der Waals surface area contributed by atoms with Crippen molar-refractivity contribution in [2.45, 2.75) is 12.2 Å². The number of carbonyl (C=O) groups is 2. The van der Waals surface area contributed by atoms with Gasteiger partial charge in [0.1, 0.15) is 0 Å². The van der Waals surface area contributed by atoms with E-state index < -0.39 is 10.7 Å². The van der Waals surface area contributed by atoms with Gasteiger partial charge in [-0.15, -0.1) is 0 Å². The van der Waals surface area contributed by atoms with Gasteiger partial charge in [-0.1, -0.05) is 24.3 Å². The van der Waals surface area contributed by atoms with Crippen LogP contribution >= 0.6 is 0 Å². The molecule has 0 radical (unpaired) electrons. The third-order valence-corrected chi connectivity index (χ3v) is 4.81. The third-order valence-electron chi connectivity index (χ3n) is 4.81. The van der Waals surface area contributed by atoms with Crippen molar-refractivity contribution < 1.29 is 24.0 Å². The van der Waals surface area contributed by atoms with Gasteiger partial charge in [0.2, 0.25) is 5.79 Å². The van der Waals surface area contributed by atoms with Gasteiger partial charge in [-0.05, 0) is 18.2 Å². The summed E-state index contributed by atoms with van der Waals surface area (Å²) in [5, 5.41) is 11.4. The third kappa shape index (κ3) is 2.79. The van der Waals surface area contributed by atoms with Crippen molar-refractivity contribution in [1.29, 1.82) is 0 Å². The molecular weight excluding hydrogens is 352 g/mol. The molecule has 27 heavy (non-hydrogen) atoms. The van der Waals surface area contributed by atoms with E-state index in [2.05, 4.69) is 0 Å². The largest absolute Gasteiger partial charge is 0.343 e. The predicted octanol–water partition coefficient (Wildman–Crippen LogP) is 2.48. The number of para-hydroxylation sites is 1. The van der Waals surface area contributed by atoms with E-state index in [1.807, 2.05) is 0 Å². The molecule has 0 aliphatic carbocycles. The molecule has 2 aromatic rings. The minimum absolute atomic E-state index is 0.0262. The van der Waals surface area contributed by atoms with Gasteiger partial charge < -0.3 is 9.47 Å². The Morgan fingerprint density at radius 1 is 0.963 bits per heavy atom. The average molecular weight is 368 g/mol. The fourth-order valence-electron chi connectivity index (χ4n) is 3.55. The van der Waals surface area contributed by atoms with Crippen LogP contribution in [0.1, 0.15) is 32.7 Å². The molecule has 0 atom stereocenters. The van der Waals surface area contributed by atoms with Gasteiger partial charge in [0.05, 0.1) is 34.8 Å². The van der Waals surface area contributed by atoms with Crippen LogP contribution in [0.5, 0.6) is 0 Å². The van der Waals surface area contributed by atoms with Gasteiger partial charge in [-0.2, -0.15) is 0 Å². The molecule has 0 aromatic heterocycles. The summed E-state index contributed by atoms with van der Waals surface area (Å²) in [5.41, 5.74) is 0.872. The van der Waals surface area contributed by atoms with E-state index in [1.54, 1.807) is 42.5 Å². The number of nitrogens with zero attached hydrogens (tertiary/aromatic N) is 2. The minimum Gasteiger partial charge on any atom is -0.343 e. The molecule has 0 saturated carbocycles. The number of ether oxygens (including phenoxy) is 2. The van der Waals surface area contributed by atoms with Crippen molar-refractivity contribution in [3.63, 3.8) is 0 Å². The van der Waals surface area contributed by atoms with Gasteiger partial charge in [-0.3, -0.25) is 24.6 Å². The SMILES string of the molecule is O=C1c2ccccc2C(=O)N1CCC1(c2ccccc2[N+](=O)[O-])OCCO1. The topological polar surface area (TPSA) is 99.0 Å². The van der Waals surface area contributed by atoms with E-state index in [0.717, 1.165) is 4.90 Å². The molecule has 1 fully saturated rings. The van der Waals surface area contributed by atoms with Crippen LogP contribution in [-0.2, 0) is 15.3 Å². The van der Waals surface area contributed by atoms with E-state index in [0.29, 0.717) is 11.1 Å². The number of carbonyl (C=O) groups excluding carboxylic acids is 2. The Morgan fingerprint density at radius 3 is 2.11 bits per heavy atom. The first-order chi connectivity index (χ1) is 13.0. The lowest BCUT2D eigenvalue weighted by Crippen LogP contribution is -2.37. The number of nitro benzene ring substituents is 1. The number of rotatable bonds is 5. The Morgan fingerprint density at radius 2 is 1.52 bits per heavy atom. The predicted molar refractivity (Wildman–Crippen MR) is 93.1 cm³/mol. The van der Waals surface area contributed by atoms with Crippen LogP contribution in [0.15, 0.2) is 48.5 Å². The number of benzene rings is 2. The summed E-state index contributed by atoms with van der Waals surface area (Å²) in [5.74, 6) is -2.13. The Hall–Kier alpha value is -3.10. The molecule has 1 saturated heterocycles. The van der Waals surface area contributed by atoms with Gasteiger partial charge in [0.25, 0.3) is 17.5 Å². The molecule has 0 bridgehead atoms. The zero-order chi connectivity index (χ0) is 19.0. The maximum Gasteiger partial charge on any atom is 0.278 e. The second-order valence-corrected chi connectivity index (χ2v) is 6.28. The fourth-order valence-corrected chi connectivity index (χ4v) is 3.55. The summed E-state index contributed by atoms with van der Waals surface area (Å²) in [4.78, 5) is 37.1. The monoisotopic (exact) mass is 368 g/mol. The highest BCUT2D eigenvalue weighted by Gasteiger charge is 2.45. The number of hydrogen-bond acceptors (Lipinski definition) is 6. The highest BCUT2D eigenvalue weighted by molar-refractivity contribution is 6.21. The number of nitro groups is 1. The zero-order valence-corrected chi connectivity index (χ0v) is 14.3.